The molecular formula is C14H16N2O4. The normalized spacial score (nSPS) is 10.2. The average Bonchev–Trinajstić information content (AvgIpc) is 2.43. The molecule has 1 rings (SSSR count). The van der Waals surface area contributed by atoms with Gasteiger partial charge in [-0.3, -0.25) is 10.1 Å². The summed E-state index contributed by atoms with van der Waals surface area (Å²) in [5.41, 5.74) is 1.09. The van der Waals surface area contributed by atoms with Gasteiger partial charge in [-0.15, -0.1) is 0 Å². The Labute approximate surface area is 116 Å². The van der Waals surface area contributed by atoms with Gasteiger partial charge in [0.1, 0.15) is 0 Å². The van der Waals surface area contributed by atoms with Crippen molar-refractivity contribution >= 4 is 17.9 Å². The fraction of sp³-hybridized carbons (Fsp3) is 0.214. The lowest BCUT2D eigenvalue weighted by atomic mass is 10.1. The first-order valence-electron chi connectivity index (χ1n) is 6.00. The van der Waals surface area contributed by atoms with Crippen molar-refractivity contribution in [1.82, 2.24) is 10.2 Å². The van der Waals surface area contributed by atoms with Crippen LogP contribution in [0.15, 0.2) is 42.5 Å². The highest BCUT2D eigenvalue weighted by Crippen LogP contribution is 2.00. The van der Waals surface area contributed by atoms with E-state index >= 15 is 0 Å². The van der Waals surface area contributed by atoms with E-state index < -0.39 is 17.9 Å². The van der Waals surface area contributed by atoms with Crippen LogP contribution in [0.2, 0.25) is 0 Å². The maximum Gasteiger partial charge on any atom is 0.328 e. The molecule has 6 nitrogen and oxygen atoms in total. The van der Waals surface area contributed by atoms with Crippen molar-refractivity contribution in [2.45, 2.75) is 6.42 Å². The van der Waals surface area contributed by atoms with Gasteiger partial charge in [0.25, 0.3) is 5.91 Å². The third-order valence-corrected chi connectivity index (χ3v) is 2.53. The van der Waals surface area contributed by atoms with Crippen LogP contribution in [-0.2, 0) is 16.0 Å². The molecule has 0 aliphatic rings. The van der Waals surface area contributed by atoms with Crippen LogP contribution in [0.1, 0.15) is 5.56 Å². The maximum atomic E-state index is 11.6. The minimum atomic E-state index is -1.25. The molecule has 0 aromatic heterocycles. The van der Waals surface area contributed by atoms with Crippen molar-refractivity contribution in [3.8, 4) is 0 Å². The molecule has 0 saturated carbocycles. The van der Waals surface area contributed by atoms with Crippen LogP contribution in [0.3, 0.4) is 0 Å². The van der Waals surface area contributed by atoms with Gasteiger partial charge in [-0.25, -0.2) is 9.59 Å². The monoisotopic (exact) mass is 276 g/mol. The van der Waals surface area contributed by atoms with Crippen molar-refractivity contribution in [2.75, 3.05) is 13.6 Å². The van der Waals surface area contributed by atoms with Crippen molar-refractivity contribution in [3.63, 3.8) is 0 Å². The Morgan fingerprint density at radius 2 is 1.85 bits per heavy atom. The smallest absolute Gasteiger partial charge is 0.328 e. The quantitative estimate of drug-likeness (QED) is 0.787. The Hall–Kier alpha value is -2.63. The van der Waals surface area contributed by atoms with Gasteiger partial charge >= 0.3 is 12.0 Å². The van der Waals surface area contributed by atoms with Crippen molar-refractivity contribution in [2.24, 2.45) is 0 Å². The predicted octanol–water partition coefficient (Wildman–Crippen LogP) is 1.04. The van der Waals surface area contributed by atoms with Crippen molar-refractivity contribution < 1.29 is 19.5 Å². The molecule has 0 aliphatic heterocycles. The van der Waals surface area contributed by atoms with Crippen LogP contribution in [0.25, 0.3) is 0 Å². The molecule has 1 aromatic carbocycles. The molecule has 0 bridgehead atoms. The summed E-state index contributed by atoms with van der Waals surface area (Å²) in [6, 6.07) is 9.07. The minimum Gasteiger partial charge on any atom is -0.478 e. The summed E-state index contributed by atoms with van der Waals surface area (Å²) in [4.78, 5) is 34.4. The molecule has 0 saturated heterocycles. The van der Waals surface area contributed by atoms with Gasteiger partial charge in [0.05, 0.1) is 0 Å². The molecule has 2 N–H and O–H groups in total. The number of imide groups is 1. The number of hydrogen-bond donors (Lipinski definition) is 2. The van der Waals surface area contributed by atoms with Crippen molar-refractivity contribution in [3.05, 3.63) is 48.0 Å². The van der Waals surface area contributed by atoms with E-state index in [4.69, 9.17) is 5.11 Å². The van der Waals surface area contributed by atoms with Crippen LogP contribution in [-0.4, -0.2) is 41.5 Å². The first kappa shape index (κ1) is 15.4. The molecule has 0 aliphatic carbocycles. The van der Waals surface area contributed by atoms with Gasteiger partial charge in [-0.2, -0.15) is 0 Å². The van der Waals surface area contributed by atoms with Gasteiger partial charge < -0.3 is 10.0 Å². The highest BCUT2D eigenvalue weighted by molar-refractivity contribution is 6.02. The molecule has 20 heavy (non-hydrogen) atoms. The molecule has 1 aromatic rings. The summed E-state index contributed by atoms with van der Waals surface area (Å²) < 4.78 is 0. The zero-order valence-electron chi connectivity index (χ0n) is 11.1. The van der Waals surface area contributed by atoms with Gasteiger partial charge in [0, 0.05) is 25.7 Å². The van der Waals surface area contributed by atoms with Crippen LogP contribution in [0.5, 0.6) is 0 Å². The second kappa shape index (κ2) is 7.73. The first-order valence-corrected chi connectivity index (χ1v) is 6.00. The summed E-state index contributed by atoms with van der Waals surface area (Å²) in [7, 11) is 1.56. The third-order valence-electron chi connectivity index (χ3n) is 2.53. The van der Waals surface area contributed by atoms with Gasteiger partial charge in [-0.1, -0.05) is 30.3 Å². The summed E-state index contributed by atoms with van der Waals surface area (Å²) >= 11 is 0. The summed E-state index contributed by atoms with van der Waals surface area (Å²) in [5, 5.41) is 10.4. The Morgan fingerprint density at radius 1 is 1.20 bits per heavy atom. The fourth-order valence-corrected chi connectivity index (χ4v) is 1.43. The number of carbonyl (C=O) groups excluding carboxylic acids is 2. The number of hydrogen-bond acceptors (Lipinski definition) is 3. The topological polar surface area (TPSA) is 86.7 Å². The molecule has 0 spiro atoms. The molecule has 0 fully saturated rings. The Kier molecular flexibility index (Phi) is 5.96. The second-order valence-electron chi connectivity index (χ2n) is 4.12. The number of nitrogens with one attached hydrogen (secondary N) is 1. The highest BCUT2D eigenvalue weighted by atomic mass is 16.4. The lowest BCUT2D eigenvalue weighted by molar-refractivity contribution is -0.131. The van der Waals surface area contributed by atoms with Gasteiger partial charge in [0.15, 0.2) is 0 Å². The zero-order valence-corrected chi connectivity index (χ0v) is 11.1. The molecule has 3 amide bonds. The van der Waals surface area contributed by atoms with Crippen LogP contribution in [0, 0.1) is 0 Å². The number of amides is 3. The number of carbonyl (C=O) groups is 3. The van der Waals surface area contributed by atoms with E-state index in [1.165, 1.54) is 4.90 Å². The summed E-state index contributed by atoms with van der Waals surface area (Å²) in [5.74, 6) is -2.01. The van der Waals surface area contributed by atoms with E-state index in [1.807, 2.05) is 30.3 Å². The number of carboxylic acid groups (broad SMARTS) is 1. The lowest BCUT2D eigenvalue weighted by Crippen LogP contribution is -2.40. The standard InChI is InChI=1S/C14H16N2O4/c1-16(10-9-11-5-3-2-4-6-11)14(20)15-12(17)7-8-13(18)19/h2-8H,9-10H2,1H3,(H,18,19)(H,15,17,20). The van der Waals surface area contributed by atoms with Gasteiger partial charge in [-0.05, 0) is 12.0 Å². The van der Waals surface area contributed by atoms with E-state index in [0.717, 1.165) is 11.6 Å². The predicted molar refractivity (Wildman–Crippen MR) is 73.1 cm³/mol. The zero-order chi connectivity index (χ0) is 15.0. The van der Waals surface area contributed by atoms with Crippen LogP contribution < -0.4 is 5.32 Å². The van der Waals surface area contributed by atoms with E-state index in [2.05, 4.69) is 5.32 Å². The molecule has 0 heterocycles. The molecule has 106 valence electrons. The average molecular weight is 276 g/mol. The second-order valence-corrected chi connectivity index (χ2v) is 4.12. The van der Waals surface area contributed by atoms with E-state index in [0.29, 0.717) is 19.0 Å². The van der Waals surface area contributed by atoms with Crippen LogP contribution >= 0.6 is 0 Å². The molecule has 0 radical (unpaired) electrons. The highest BCUT2D eigenvalue weighted by Gasteiger charge is 2.10. The fourth-order valence-electron chi connectivity index (χ4n) is 1.43. The van der Waals surface area contributed by atoms with E-state index in [9.17, 15) is 14.4 Å². The first-order chi connectivity index (χ1) is 9.49. The van der Waals surface area contributed by atoms with Crippen LogP contribution in [0.4, 0.5) is 4.79 Å². The summed E-state index contributed by atoms with van der Waals surface area (Å²) in [6.45, 7) is 0.450. The Bertz CT molecular complexity index is 511. The molecule has 6 heteroatoms. The number of urea groups is 1. The Balaban J connectivity index is 2.39. The number of rotatable bonds is 5. The molecular weight excluding hydrogens is 260 g/mol. The Morgan fingerprint density at radius 3 is 2.45 bits per heavy atom. The molecule has 0 unspecified atom stereocenters. The number of aliphatic carboxylic acids is 1. The van der Waals surface area contributed by atoms with Gasteiger partial charge in [0.2, 0.25) is 0 Å². The van der Waals surface area contributed by atoms with E-state index in [-0.39, 0.29) is 0 Å². The lowest BCUT2D eigenvalue weighted by Gasteiger charge is -2.16. The number of likely N-dealkylation sites (N-methyl/N-ethyl adjacent to an activating group) is 1. The third kappa shape index (κ3) is 5.81. The number of carboxylic acids is 1. The number of benzene rings is 1. The number of nitrogens with zero attached hydrogens (tertiary/aromatic N) is 1. The SMILES string of the molecule is CN(CCc1ccccc1)C(=O)NC(=O)C=CC(=O)O. The van der Waals surface area contributed by atoms with Crippen molar-refractivity contribution in [1.29, 1.82) is 0 Å². The molecule has 0 atom stereocenters. The largest absolute Gasteiger partial charge is 0.478 e. The summed E-state index contributed by atoms with van der Waals surface area (Å²) in [6.07, 6.45) is 2.14. The maximum absolute atomic E-state index is 11.6. The van der Waals surface area contributed by atoms with E-state index in [1.54, 1.807) is 7.05 Å². The minimum absolute atomic E-state index is 0.450.